The van der Waals surface area contributed by atoms with Gasteiger partial charge in [0, 0.05) is 18.8 Å². The Labute approximate surface area is 97.1 Å². The van der Waals surface area contributed by atoms with Gasteiger partial charge in [0.15, 0.2) is 0 Å². The number of nitrogens with zero attached hydrogens (tertiary/aromatic N) is 2. The van der Waals surface area contributed by atoms with Gasteiger partial charge in [-0.05, 0) is 43.9 Å². The van der Waals surface area contributed by atoms with Crippen molar-refractivity contribution in [2.75, 3.05) is 11.4 Å². The van der Waals surface area contributed by atoms with Crippen molar-refractivity contribution >= 4 is 5.82 Å². The Balaban J connectivity index is 2.23. The molecule has 0 amide bonds. The number of aliphatic hydroxyl groups is 1. The summed E-state index contributed by atoms with van der Waals surface area (Å²) in [5.41, 5.74) is 0.941. The first-order valence-electron chi connectivity index (χ1n) is 5.98. The van der Waals surface area contributed by atoms with Gasteiger partial charge in [0.1, 0.15) is 5.82 Å². The van der Waals surface area contributed by atoms with Crippen LogP contribution in [0.5, 0.6) is 0 Å². The normalized spacial score (nSPS) is 27.1. The molecule has 16 heavy (non-hydrogen) atoms. The lowest BCUT2D eigenvalue weighted by Crippen LogP contribution is -2.27. The SMILES string of the molecule is CC1CC(C)N(c2cc([C@@H](C)O)ccn2)C1. The highest BCUT2D eigenvalue weighted by atomic mass is 16.3. The van der Waals surface area contributed by atoms with E-state index in [2.05, 4.69) is 23.7 Å². The van der Waals surface area contributed by atoms with Gasteiger partial charge in [-0.2, -0.15) is 0 Å². The molecular formula is C13H20N2O. The average Bonchev–Trinajstić information content (AvgIpc) is 2.58. The monoisotopic (exact) mass is 220 g/mol. The maximum Gasteiger partial charge on any atom is 0.129 e. The van der Waals surface area contributed by atoms with Crippen molar-refractivity contribution in [1.82, 2.24) is 4.98 Å². The van der Waals surface area contributed by atoms with Crippen molar-refractivity contribution < 1.29 is 5.11 Å². The molecule has 2 rings (SSSR count). The molecule has 0 saturated carbocycles. The second-order valence-corrected chi connectivity index (χ2v) is 4.97. The second kappa shape index (κ2) is 4.42. The fraction of sp³-hybridized carbons (Fsp3) is 0.615. The van der Waals surface area contributed by atoms with Crippen molar-refractivity contribution in [3.8, 4) is 0 Å². The minimum absolute atomic E-state index is 0.419. The lowest BCUT2D eigenvalue weighted by atomic mass is 10.1. The van der Waals surface area contributed by atoms with E-state index in [9.17, 15) is 5.11 Å². The summed E-state index contributed by atoms with van der Waals surface area (Å²) in [6.45, 7) is 7.36. The molecule has 1 aliphatic heterocycles. The summed E-state index contributed by atoms with van der Waals surface area (Å²) in [6, 6.07) is 4.42. The van der Waals surface area contributed by atoms with Crippen molar-refractivity contribution in [3.05, 3.63) is 23.9 Å². The molecule has 88 valence electrons. The third-order valence-electron chi connectivity index (χ3n) is 3.33. The van der Waals surface area contributed by atoms with Gasteiger partial charge in [-0.3, -0.25) is 0 Å². The number of pyridine rings is 1. The second-order valence-electron chi connectivity index (χ2n) is 4.97. The molecule has 0 spiro atoms. The topological polar surface area (TPSA) is 36.4 Å². The molecule has 1 saturated heterocycles. The van der Waals surface area contributed by atoms with Crippen LogP contribution >= 0.6 is 0 Å². The van der Waals surface area contributed by atoms with Crippen LogP contribution in [0.25, 0.3) is 0 Å². The molecule has 0 radical (unpaired) electrons. The van der Waals surface area contributed by atoms with Crippen molar-refractivity contribution in [2.45, 2.75) is 39.3 Å². The van der Waals surface area contributed by atoms with Gasteiger partial charge >= 0.3 is 0 Å². The van der Waals surface area contributed by atoms with Crippen LogP contribution in [-0.4, -0.2) is 22.7 Å². The summed E-state index contributed by atoms with van der Waals surface area (Å²) in [4.78, 5) is 6.73. The highest BCUT2D eigenvalue weighted by molar-refractivity contribution is 5.43. The van der Waals surface area contributed by atoms with Gasteiger partial charge in [0.25, 0.3) is 0 Å². The van der Waals surface area contributed by atoms with Gasteiger partial charge in [-0.15, -0.1) is 0 Å². The van der Waals surface area contributed by atoms with Crippen LogP contribution in [0.3, 0.4) is 0 Å². The van der Waals surface area contributed by atoms with E-state index in [4.69, 9.17) is 0 Å². The largest absolute Gasteiger partial charge is 0.389 e. The molecule has 1 aromatic heterocycles. The summed E-state index contributed by atoms with van der Waals surface area (Å²) in [6.07, 6.45) is 2.59. The Hall–Kier alpha value is -1.09. The number of aromatic nitrogens is 1. The van der Waals surface area contributed by atoms with E-state index >= 15 is 0 Å². The van der Waals surface area contributed by atoms with E-state index in [0.717, 1.165) is 23.8 Å². The summed E-state index contributed by atoms with van der Waals surface area (Å²) >= 11 is 0. The number of hydrogen-bond acceptors (Lipinski definition) is 3. The van der Waals surface area contributed by atoms with Crippen LogP contribution in [-0.2, 0) is 0 Å². The van der Waals surface area contributed by atoms with E-state index in [1.807, 2.05) is 12.1 Å². The zero-order valence-corrected chi connectivity index (χ0v) is 10.2. The van der Waals surface area contributed by atoms with Crippen LogP contribution < -0.4 is 4.90 Å². The van der Waals surface area contributed by atoms with E-state index < -0.39 is 6.10 Å². The Morgan fingerprint density at radius 1 is 1.50 bits per heavy atom. The first kappa shape index (κ1) is 11.4. The molecule has 0 aliphatic carbocycles. The standard InChI is InChI=1S/C13H20N2O/c1-9-6-10(2)15(8-9)13-7-12(11(3)16)4-5-14-13/h4-5,7,9-11,16H,6,8H2,1-3H3/t9?,10?,11-/m1/s1. The predicted molar refractivity (Wildman–Crippen MR) is 65.5 cm³/mol. The predicted octanol–water partition coefficient (Wildman–Crippen LogP) is 2.37. The van der Waals surface area contributed by atoms with E-state index in [1.54, 1.807) is 13.1 Å². The zero-order chi connectivity index (χ0) is 11.7. The Morgan fingerprint density at radius 2 is 2.25 bits per heavy atom. The average molecular weight is 220 g/mol. The number of anilines is 1. The van der Waals surface area contributed by atoms with Gasteiger partial charge in [-0.1, -0.05) is 6.92 Å². The van der Waals surface area contributed by atoms with Crippen LogP contribution in [0.4, 0.5) is 5.82 Å². The zero-order valence-electron chi connectivity index (χ0n) is 10.2. The molecular weight excluding hydrogens is 200 g/mol. The lowest BCUT2D eigenvalue weighted by molar-refractivity contribution is 0.199. The molecule has 1 fully saturated rings. The molecule has 2 heterocycles. The highest BCUT2D eigenvalue weighted by Crippen LogP contribution is 2.28. The van der Waals surface area contributed by atoms with E-state index in [1.165, 1.54) is 6.42 Å². The van der Waals surface area contributed by atoms with Crippen molar-refractivity contribution in [3.63, 3.8) is 0 Å². The minimum Gasteiger partial charge on any atom is -0.389 e. The fourth-order valence-electron chi connectivity index (χ4n) is 2.47. The van der Waals surface area contributed by atoms with E-state index in [0.29, 0.717) is 6.04 Å². The van der Waals surface area contributed by atoms with Crippen LogP contribution in [0.2, 0.25) is 0 Å². The van der Waals surface area contributed by atoms with Gasteiger partial charge in [0.2, 0.25) is 0 Å². The molecule has 0 bridgehead atoms. The highest BCUT2D eigenvalue weighted by Gasteiger charge is 2.27. The third kappa shape index (κ3) is 2.19. The maximum absolute atomic E-state index is 9.56. The van der Waals surface area contributed by atoms with E-state index in [-0.39, 0.29) is 0 Å². The molecule has 3 heteroatoms. The lowest BCUT2D eigenvalue weighted by Gasteiger charge is -2.23. The molecule has 0 aromatic carbocycles. The third-order valence-corrected chi connectivity index (χ3v) is 3.33. The fourth-order valence-corrected chi connectivity index (χ4v) is 2.47. The first-order chi connectivity index (χ1) is 7.58. The van der Waals surface area contributed by atoms with Crippen LogP contribution in [0, 0.1) is 5.92 Å². The Kier molecular flexibility index (Phi) is 3.15. The maximum atomic E-state index is 9.56. The van der Waals surface area contributed by atoms with Gasteiger partial charge in [0.05, 0.1) is 6.10 Å². The number of hydrogen-bond donors (Lipinski definition) is 1. The molecule has 3 nitrogen and oxygen atoms in total. The molecule has 1 aromatic rings. The summed E-state index contributed by atoms with van der Waals surface area (Å²) in [5.74, 6) is 1.72. The molecule has 1 aliphatic rings. The Bertz CT molecular complexity index is 365. The molecule has 3 atom stereocenters. The van der Waals surface area contributed by atoms with Gasteiger partial charge in [-0.25, -0.2) is 4.98 Å². The van der Waals surface area contributed by atoms with Crippen molar-refractivity contribution in [1.29, 1.82) is 0 Å². The van der Waals surface area contributed by atoms with Crippen LogP contribution in [0.15, 0.2) is 18.3 Å². The molecule has 1 N–H and O–H groups in total. The van der Waals surface area contributed by atoms with Crippen molar-refractivity contribution in [2.24, 2.45) is 5.92 Å². The van der Waals surface area contributed by atoms with Gasteiger partial charge < -0.3 is 10.0 Å². The summed E-state index contributed by atoms with van der Waals surface area (Å²) in [5, 5.41) is 9.56. The number of aliphatic hydroxyl groups excluding tert-OH is 1. The minimum atomic E-state index is -0.419. The quantitative estimate of drug-likeness (QED) is 0.831. The first-order valence-corrected chi connectivity index (χ1v) is 5.98. The van der Waals surface area contributed by atoms with Crippen LogP contribution in [0.1, 0.15) is 38.9 Å². The summed E-state index contributed by atoms with van der Waals surface area (Å²) < 4.78 is 0. The smallest absolute Gasteiger partial charge is 0.129 e. The summed E-state index contributed by atoms with van der Waals surface area (Å²) in [7, 11) is 0. The number of rotatable bonds is 2. The molecule has 2 unspecified atom stereocenters. The Morgan fingerprint density at radius 3 is 2.81 bits per heavy atom.